The van der Waals surface area contributed by atoms with Gasteiger partial charge < -0.3 is 14.3 Å². The number of nitrogens with zero attached hydrogens (tertiary/aromatic N) is 2. The van der Waals surface area contributed by atoms with Gasteiger partial charge in [0.05, 0.1) is 29.3 Å². The van der Waals surface area contributed by atoms with Crippen LogP contribution in [-0.4, -0.2) is 15.3 Å². The number of anilines is 1. The summed E-state index contributed by atoms with van der Waals surface area (Å²) in [6, 6.07) is 16.0. The second kappa shape index (κ2) is 5.94. The first-order chi connectivity index (χ1) is 13.8. The van der Waals surface area contributed by atoms with Gasteiger partial charge in [-0.2, -0.15) is 0 Å². The molecular formula is C22H17N3O2S. The third-order valence-corrected chi connectivity index (χ3v) is 6.62. The zero-order chi connectivity index (χ0) is 18.7. The Morgan fingerprint density at radius 2 is 2.07 bits per heavy atom. The smallest absolute Gasteiger partial charge is 0.208 e. The number of furan rings is 1. The number of imidazole rings is 1. The van der Waals surface area contributed by atoms with Crippen molar-refractivity contribution < 1.29 is 9.21 Å². The first-order valence-corrected chi connectivity index (χ1v) is 10.2. The molecule has 2 aliphatic rings. The van der Waals surface area contributed by atoms with Gasteiger partial charge in [0.15, 0.2) is 0 Å². The predicted molar refractivity (Wildman–Crippen MR) is 108 cm³/mol. The van der Waals surface area contributed by atoms with Crippen molar-refractivity contribution in [2.45, 2.75) is 18.4 Å². The highest BCUT2D eigenvalue weighted by atomic mass is 32.1. The summed E-state index contributed by atoms with van der Waals surface area (Å²) in [5, 5.41) is 5.53. The molecule has 0 radical (unpaired) electrons. The average molecular weight is 387 g/mol. The summed E-state index contributed by atoms with van der Waals surface area (Å²) in [7, 11) is 0. The van der Waals surface area contributed by atoms with Crippen LogP contribution in [0.15, 0.2) is 76.4 Å². The molecule has 0 saturated carbocycles. The summed E-state index contributed by atoms with van der Waals surface area (Å²) >= 11 is 1.69. The van der Waals surface area contributed by atoms with Crippen LogP contribution < -0.4 is 5.32 Å². The maximum absolute atomic E-state index is 13.4. The largest absolute Gasteiger partial charge is 0.469 e. The summed E-state index contributed by atoms with van der Waals surface area (Å²) < 4.78 is 7.76. The number of rotatable bonds is 2. The van der Waals surface area contributed by atoms with Gasteiger partial charge in [-0.1, -0.05) is 24.3 Å². The van der Waals surface area contributed by atoms with Crippen molar-refractivity contribution in [2.24, 2.45) is 5.92 Å². The lowest BCUT2D eigenvalue weighted by Crippen LogP contribution is -2.39. The lowest BCUT2D eigenvalue weighted by Gasteiger charge is -2.38. The monoisotopic (exact) mass is 387 g/mol. The molecule has 4 heterocycles. The van der Waals surface area contributed by atoms with E-state index in [1.807, 2.05) is 36.4 Å². The molecule has 3 atom stereocenters. The van der Waals surface area contributed by atoms with Gasteiger partial charge in [0.1, 0.15) is 11.5 Å². The molecule has 0 spiro atoms. The van der Waals surface area contributed by atoms with Gasteiger partial charge in [-0.3, -0.25) is 4.79 Å². The molecule has 0 bridgehead atoms. The van der Waals surface area contributed by atoms with Crippen molar-refractivity contribution >= 4 is 34.1 Å². The maximum atomic E-state index is 13.4. The van der Waals surface area contributed by atoms with Crippen LogP contribution in [-0.2, 0) is 4.79 Å². The molecule has 6 rings (SSSR count). The van der Waals surface area contributed by atoms with Crippen molar-refractivity contribution in [3.63, 3.8) is 0 Å². The van der Waals surface area contributed by atoms with Crippen molar-refractivity contribution in [2.75, 3.05) is 5.32 Å². The zero-order valence-corrected chi connectivity index (χ0v) is 15.7. The number of carbonyl (C=O) groups is 1. The van der Waals surface area contributed by atoms with E-state index in [0.717, 1.165) is 28.4 Å². The second-order valence-electron chi connectivity index (χ2n) is 7.27. The van der Waals surface area contributed by atoms with E-state index >= 15 is 0 Å². The highest BCUT2D eigenvalue weighted by molar-refractivity contribution is 7.10. The van der Waals surface area contributed by atoms with Crippen LogP contribution in [0.5, 0.6) is 0 Å². The van der Waals surface area contributed by atoms with Crippen molar-refractivity contribution in [1.29, 1.82) is 0 Å². The van der Waals surface area contributed by atoms with E-state index < -0.39 is 0 Å². The minimum atomic E-state index is -0.241. The fourth-order valence-corrected chi connectivity index (χ4v) is 5.34. The Bertz CT molecular complexity index is 1200. The number of allylic oxidation sites excluding steroid dienone is 2. The van der Waals surface area contributed by atoms with Crippen LogP contribution in [0.3, 0.4) is 0 Å². The van der Waals surface area contributed by atoms with Gasteiger partial charge in [-0.05, 0) is 35.7 Å². The van der Waals surface area contributed by atoms with Crippen LogP contribution in [0.1, 0.15) is 29.0 Å². The van der Waals surface area contributed by atoms with E-state index in [0.29, 0.717) is 6.42 Å². The number of aromatic nitrogens is 2. The molecule has 6 heteroatoms. The summed E-state index contributed by atoms with van der Waals surface area (Å²) in [6.07, 6.45) is 4.26. The summed E-state index contributed by atoms with van der Waals surface area (Å²) in [4.78, 5) is 19.3. The molecule has 1 aliphatic heterocycles. The van der Waals surface area contributed by atoms with Gasteiger partial charge in [-0.15, -0.1) is 11.3 Å². The number of ketones is 1. The van der Waals surface area contributed by atoms with Gasteiger partial charge in [0.25, 0.3) is 0 Å². The molecule has 0 saturated heterocycles. The minimum absolute atomic E-state index is 0.0406. The minimum Gasteiger partial charge on any atom is -0.469 e. The third kappa shape index (κ3) is 2.24. The van der Waals surface area contributed by atoms with Gasteiger partial charge in [0, 0.05) is 22.9 Å². The van der Waals surface area contributed by atoms with Gasteiger partial charge in [-0.25, -0.2) is 4.98 Å². The van der Waals surface area contributed by atoms with Crippen LogP contribution in [0.25, 0.3) is 11.0 Å². The number of carbonyl (C=O) groups excluding carboxylic acids is 1. The number of thiophene rings is 1. The van der Waals surface area contributed by atoms with E-state index in [1.54, 1.807) is 17.6 Å². The van der Waals surface area contributed by atoms with Crippen LogP contribution >= 0.6 is 11.3 Å². The molecule has 0 amide bonds. The van der Waals surface area contributed by atoms with Crippen molar-refractivity contribution in [3.05, 3.63) is 82.6 Å². The Balaban J connectivity index is 1.57. The van der Waals surface area contributed by atoms with Crippen LogP contribution in [0.4, 0.5) is 5.95 Å². The first-order valence-electron chi connectivity index (χ1n) is 9.35. The van der Waals surface area contributed by atoms with Crippen LogP contribution in [0.2, 0.25) is 0 Å². The Kier molecular flexibility index (Phi) is 3.37. The topological polar surface area (TPSA) is 60.1 Å². The summed E-state index contributed by atoms with van der Waals surface area (Å²) in [6.45, 7) is 0. The van der Waals surface area contributed by atoms with E-state index in [2.05, 4.69) is 33.5 Å². The van der Waals surface area contributed by atoms with Gasteiger partial charge >= 0.3 is 0 Å². The highest BCUT2D eigenvalue weighted by Crippen LogP contribution is 2.47. The number of hydrogen-bond acceptors (Lipinski definition) is 5. The molecule has 0 unspecified atom stereocenters. The van der Waals surface area contributed by atoms with Crippen molar-refractivity contribution in [1.82, 2.24) is 9.55 Å². The quantitative estimate of drug-likeness (QED) is 0.528. The number of para-hydroxylation sites is 2. The molecule has 3 aromatic heterocycles. The molecule has 5 nitrogen and oxygen atoms in total. The SMILES string of the molecule is O=C1C[C@@H](c2ccco2)C=C2Nc3nc4ccccc4n3[C@@H](c3cccs3)[C@H]12. The normalized spacial score (nSPS) is 23.8. The highest BCUT2D eigenvalue weighted by Gasteiger charge is 2.44. The molecule has 0 fully saturated rings. The van der Waals surface area contributed by atoms with E-state index in [-0.39, 0.29) is 23.7 Å². The average Bonchev–Trinajstić information content (AvgIpc) is 3.46. The Morgan fingerprint density at radius 1 is 1.14 bits per heavy atom. The van der Waals surface area contributed by atoms with E-state index in [1.165, 1.54) is 4.88 Å². The standard InChI is InChI=1S/C22H17N3O2S/c26-17-12-13(18-7-3-9-27-18)11-15-20(17)21(19-8-4-10-28-19)25-16-6-2-1-5-14(16)23-22(25)24-15/h1-11,13,20-21H,12H2,(H,23,24)/t13-,20-,21-/m0/s1. The molecule has 28 heavy (non-hydrogen) atoms. The first kappa shape index (κ1) is 15.9. The zero-order valence-electron chi connectivity index (χ0n) is 14.9. The Labute approximate surface area is 165 Å². The Hall–Kier alpha value is -3.12. The number of nitrogens with one attached hydrogen (secondary N) is 1. The van der Waals surface area contributed by atoms with Crippen molar-refractivity contribution in [3.8, 4) is 0 Å². The number of Topliss-reactive ketones (excluding diaryl/α,β-unsaturated/α-hetero) is 1. The molecule has 1 N–H and O–H groups in total. The molecule has 4 aromatic rings. The van der Waals surface area contributed by atoms with E-state index in [9.17, 15) is 4.79 Å². The predicted octanol–water partition coefficient (Wildman–Crippen LogP) is 4.96. The summed E-state index contributed by atoms with van der Waals surface area (Å²) in [5.41, 5.74) is 2.91. The molecule has 1 aliphatic carbocycles. The third-order valence-electron chi connectivity index (χ3n) is 5.67. The molecule has 138 valence electrons. The molecule has 1 aromatic carbocycles. The Morgan fingerprint density at radius 3 is 2.89 bits per heavy atom. The lowest BCUT2D eigenvalue weighted by atomic mass is 9.78. The number of fused-ring (bicyclic) bond motifs is 4. The fourth-order valence-electron chi connectivity index (χ4n) is 4.49. The van der Waals surface area contributed by atoms with E-state index in [4.69, 9.17) is 9.40 Å². The number of benzene rings is 1. The maximum Gasteiger partial charge on any atom is 0.208 e. The molecular weight excluding hydrogens is 370 g/mol. The second-order valence-corrected chi connectivity index (χ2v) is 8.25. The van der Waals surface area contributed by atoms with Crippen LogP contribution in [0, 0.1) is 5.92 Å². The summed E-state index contributed by atoms with van der Waals surface area (Å²) in [5.74, 6) is 1.56. The number of hydrogen-bond donors (Lipinski definition) is 1. The lowest BCUT2D eigenvalue weighted by molar-refractivity contribution is -0.123. The van der Waals surface area contributed by atoms with Gasteiger partial charge in [0.2, 0.25) is 5.95 Å². The fraction of sp³-hybridized carbons (Fsp3) is 0.182.